The van der Waals surface area contributed by atoms with Gasteiger partial charge in [0, 0.05) is 17.3 Å². The van der Waals surface area contributed by atoms with Gasteiger partial charge in [-0.2, -0.15) is 0 Å². The number of carbonyl (C=O) groups excluding carboxylic acids is 3. The van der Waals surface area contributed by atoms with Crippen LogP contribution in [-0.2, 0) is 14.4 Å². The van der Waals surface area contributed by atoms with E-state index in [2.05, 4.69) is 16.0 Å². The number of nitrogens with one attached hydrogen (secondary N) is 3. The smallest absolute Gasteiger partial charge is 0.243 e. The molecule has 0 atom stereocenters. The van der Waals surface area contributed by atoms with Crippen molar-refractivity contribution in [3.63, 3.8) is 0 Å². The first-order valence-electron chi connectivity index (χ1n) is 8.26. The summed E-state index contributed by atoms with van der Waals surface area (Å²) in [5.74, 6) is -0.636. The van der Waals surface area contributed by atoms with Gasteiger partial charge in [0.05, 0.1) is 13.1 Å². The Balaban J connectivity index is 1.87. The third kappa shape index (κ3) is 5.66. The van der Waals surface area contributed by atoms with Crippen LogP contribution in [-0.4, -0.2) is 30.8 Å². The minimum atomic E-state index is -0.390. The molecule has 24 heavy (non-hydrogen) atoms. The summed E-state index contributed by atoms with van der Waals surface area (Å²) in [4.78, 5) is 35.0. The Bertz CT molecular complexity index is 597. The molecule has 3 amide bonds. The van der Waals surface area contributed by atoms with Crippen LogP contribution in [0.2, 0.25) is 0 Å². The molecule has 5 N–H and O–H groups in total. The van der Waals surface area contributed by atoms with Gasteiger partial charge in [-0.15, -0.1) is 0 Å². The minimum absolute atomic E-state index is 0.0355. The van der Waals surface area contributed by atoms with Crippen LogP contribution in [0.25, 0.3) is 0 Å². The highest BCUT2D eigenvalue weighted by atomic mass is 16.2. The summed E-state index contributed by atoms with van der Waals surface area (Å²) in [5, 5.41) is 7.97. The molecule has 1 aromatic rings. The van der Waals surface area contributed by atoms with Gasteiger partial charge < -0.3 is 21.7 Å². The Morgan fingerprint density at radius 1 is 1.00 bits per heavy atom. The highest BCUT2D eigenvalue weighted by molar-refractivity contribution is 5.96. The second kappa shape index (κ2) is 9.02. The van der Waals surface area contributed by atoms with E-state index in [-0.39, 0.29) is 30.8 Å². The number of hydrogen-bond donors (Lipinski definition) is 4. The van der Waals surface area contributed by atoms with Crippen LogP contribution in [0, 0.1) is 5.92 Å². The molecule has 7 nitrogen and oxygen atoms in total. The number of amides is 3. The molecular weight excluding hydrogens is 308 g/mol. The van der Waals surface area contributed by atoms with Gasteiger partial charge in [0.25, 0.3) is 0 Å². The third-order valence-corrected chi connectivity index (χ3v) is 4.02. The number of benzene rings is 1. The molecule has 1 fully saturated rings. The predicted octanol–water partition coefficient (Wildman–Crippen LogP) is 1.22. The Morgan fingerprint density at radius 2 is 1.67 bits per heavy atom. The van der Waals surface area contributed by atoms with Crippen LogP contribution in [0.5, 0.6) is 0 Å². The molecule has 1 aromatic carbocycles. The molecular formula is C17H24N4O3. The molecule has 0 unspecified atom stereocenters. The summed E-state index contributed by atoms with van der Waals surface area (Å²) in [5.41, 5.74) is 6.36. The number of nitrogens with two attached hydrogens (primary N) is 1. The topological polar surface area (TPSA) is 113 Å². The van der Waals surface area contributed by atoms with Crippen LogP contribution in [0.4, 0.5) is 11.4 Å². The van der Waals surface area contributed by atoms with Crippen molar-refractivity contribution in [1.82, 2.24) is 5.32 Å². The van der Waals surface area contributed by atoms with Crippen molar-refractivity contribution in [1.29, 1.82) is 0 Å². The number of anilines is 2. The number of carbonyl (C=O) groups is 3. The second-order valence-corrected chi connectivity index (χ2v) is 5.93. The Kier molecular flexibility index (Phi) is 6.74. The molecule has 0 heterocycles. The highest BCUT2D eigenvalue weighted by Crippen LogP contribution is 2.25. The molecule has 0 aromatic heterocycles. The molecule has 0 spiro atoms. The maximum atomic E-state index is 12.3. The lowest BCUT2D eigenvalue weighted by Gasteiger charge is -2.20. The van der Waals surface area contributed by atoms with Gasteiger partial charge in [0.15, 0.2) is 0 Å². The van der Waals surface area contributed by atoms with Crippen molar-refractivity contribution >= 4 is 29.1 Å². The van der Waals surface area contributed by atoms with Gasteiger partial charge >= 0.3 is 0 Å². The zero-order valence-corrected chi connectivity index (χ0v) is 13.6. The van der Waals surface area contributed by atoms with Crippen LogP contribution >= 0.6 is 0 Å². The summed E-state index contributed by atoms with van der Waals surface area (Å²) >= 11 is 0. The van der Waals surface area contributed by atoms with Gasteiger partial charge in [0.1, 0.15) is 0 Å². The SMILES string of the molecule is NCC(=O)NCC(=O)Nc1cccc(NC(=O)C2CCCCC2)c1. The Morgan fingerprint density at radius 3 is 2.33 bits per heavy atom. The highest BCUT2D eigenvalue weighted by Gasteiger charge is 2.21. The van der Waals surface area contributed by atoms with Crippen molar-refractivity contribution in [2.45, 2.75) is 32.1 Å². The van der Waals surface area contributed by atoms with E-state index in [0.29, 0.717) is 11.4 Å². The van der Waals surface area contributed by atoms with Crippen LogP contribution in [0.15, 0.2) is 24.3 Å². The van der Waals surface area contributed by atoms with E-state index in [4.69, 9.17) is 5.73 Å². The zero-order valence-electron chi connectivity index (χ0n) is 13.6. The minimum Gasteiger partial charge on any atom is -0.346 e. The largest absolute Gasteiger partial charge is 0.346 e. The van der Waals surface area contributed by atoms with Gasteiger partial charge in [-0.05, 0) is 31.0 Å². The molecule has 0 saturated heterocycles. The fourth-order valence-corrected chi connectivity index (χ4v) is 2.74. The Labute approximate surface area is 141 Å². The fourth-order valence-electron chi connectivity index (χ4n) is 2.74. The molecule has 7 heteroatoms. The molecule has 1 saturated carbocycles. The summed E-state index contributed by atoms with van der Waals surface area (Å²) in [7, 11) is 0. The maximum absolute atomic E-state index is 12.3. The van der Waals surface area contributed by atoms with Crippen molar-refractivity contribution in [3.8, 4) is 0 Å². The molecule has 1 aliphatic carbocycles. The summed E-state index contributed by atoms with van der Waals surface area (Å²) in [6.07, 6.45) is 5.27. The monoisotopic (exact) mass is 332 g/mol. The third-order valence-electron chi connectivity index (χ3n) is 4.02. The quantitative estimate of drug-likeness (QED) is 0.627. The molecule has 0 bridgehead atoms. The lowest BCUT2D eigenvalue weighted by atomic mass is 9.88. The summed E-state index contributed by atoms with van der Waals surface area (Å²) < 4.78 is 0. The van der Waals surface area contributed by atoms with Gasteiger partial charge in [-0.1, -0.05) is 25.3 Å². The van der Waals surface area contributed by atoms with Gasteiger partial charge in [-0.3, -0.25) is 14.4 Å². The van der Waals surface area contributed by atoms with E-state index in [1.54, 1.807) is 24.3 Å². The van der Waals surface area contributed by atoms with Gasteiger partial charge in [0.2, 0.25) is 17.7 Å². The first kappa shape index (κ1) is 17.9. The van der Waals surface area contributed by atoms with E-state index in [1.165, 1.54) is 6.42 Å². The maximum Gasteiger partial charge on any atom is 0.243 e. The van der Waals surface area contributed by atoms with Crippen molar-refractivity contribution < 1.29 is 14.4 Å². The lowest BCUT2D eigenvalue weighted by molar-refractivity contribution is -0.123. The average Bonchev–Trinajstić information content (AvgIpc) is 2.60. The number of hydrogen-bond acceptors (Lipinski definition) is 4. The lowest BCUT2D eigenvalue weighted by Crippen LogP contribution is -2.36. The average molecular weight is 332 g/mol. The first-order chi connectivity index (χ1) is 11.6. The first-order valence-corrected chi connectivity index (χ1v) is 8.26. The molecule has 0 aliphatic heterocycles. The Hall–Kier alpha value is -2.41. The van der Waals surface area contributed by atoms with Crippen LogP contribution in [0.3, 0.4) is 0 Å². The molecule has 0 radical (unpaired) electrons. The predicted molar refractivity (Wildman–Crippen MR) is 92.3 cm³/mol. The molecule has 2 rings (SSSR count). The van der Waals surface area contributed by atoms with E-state index < -0.39 is 5.91 Å². The van der Waals surface area contributed by atoms with E-state index in [9.17, 15) is 14.4 Å². The summed E-state index contributed by atoms with van der Waals surface area (Å²) in [6, 6.07) is 6.96. The normalized spacial score (nSPS) is 14.7. The molecule has 130 valence electrons. The summed E-state index contributed by atoms with van der Waals surface area (Å²) in [6.45, 7) is -0.301. The van der Waals surface area contributed by atoms with E-state index in [1.807, 2.05) is 0 Å². The van der Waals surface area contributed by atoms with Crippen molar-refractivity contribution in [3.05, 3.63) is 24.3 Å². The van der Waals surface area contributed by atoms with Crippen LogP contribution < -0.4 is 21.7 Å². The van der Waals surface area contributed by atoms with Crippen LogP contribution in [0.1, 0.15) is 32.1 Å². The number of rotatable bonds is 6. The van der Waals surface area contributed by atoms with Crippen molar-refractivity contribution in [2.24, 2.45) is 11.7 Å². The van der Waals surface area contributed by atoms with Gasteiger partial charge in [-0.25, -0.2) is 0 Å². The molecule has 1 aliphatic rings. The second-order valence-electron chi connectivity index (χ2n) is 5.93. The zero-order chi connectivity index (χ0) is 17.4. The fraction of sp³-hybridized carbons (Fsp3) is 0.471. The van der Waals surface area contributed by atoms with E-state index >= 15 is 0 Å². The van der Waals surface area contributed by atoms with E-state index in [0.717, 1.165) is 25.7 Å². The van der Waals surface area contributed by atoms with Crippen molar-refractivity contribution in [2.75, 3.05) is 23.7 Å². The standard InChI is InChI=1S/C17H24N4O3/c18-10-15(22)19-11-16(23)20-13-7-4-8-14(9-13)21-17(24)12-5-2-1-3-6-12/h4,7-9,12H,1-3,5-6,10-11,18H2,(H,19,22)(H,20,23)(H,21,24).